The van der Waals surface area contributed by atoms with Gasteiger partial charge >= 0.3 is 0 Å². The average Bonchev–Trinajstić information content (AvgIpc) is 2.55. The molecule has 0 fully saturated rings. The molecule has 0 amide bonds. The van der Waals surface area contributed by atoms with Crippen molar-refractivity contribution in [3.05, 3.63) is 30.1 Å². The number of imidazole rings is 1. The highest BCUT2D eigenvalue weighted by Gasteiger charge is 2.05. The maximum atomic E-state index is 8.48. The summed E-state index contributed by atoms with van der Waals surface area (Å²) >= 11 is 0. The Kier molecular flexibility index (Phi) is 2.18. The van der Waals surface area contributed by atoms with Crippen LogP contribution in [0.15, 0.2) is 29.4 Å². The van der Waals surface area contributed by atoms with E-state index in [4.69, 9.17) is 5.21 Å². The number of hydrogen-bond acceptors (Lipinski definition) is 3. The van der Waals surface area contributed by atoms with Crippen LogP contribution in [0.1, 0.15) is 12.7 Å². The van der Waals surface area contributed by atoms with Gasteiger partial charge in [-0.2, -0.15) is 0 Å². The number of fused-ring (bicyclic) bond motifs is 1. The number of benzene rings is 1. The summed E-state index contributed by atoms with van der Waals surface area (Å²) < 4.78 is 2.00. The zero-order valence-corrected chi connectivity index (χ0v) is 7.88. The topological polar surface area (TPSA) is 50.4 Å². The maximum absolute atomic E-state index is 8.48. The second-order valence-electron chi connectivity index (χ2n) is 2.95. The number of rotatable bonds is 2. The Bertz CT molecular complexity index is 473. The highest BCUT2D eigenvalue weighted by atomic mass is 16.4. The van der Waals surface area contributed by atoms with Crippen molar-refractivity contribution in [2.45, 2.75) is 13.5 Å². The fourth-order valence-corrected chi connectivity index (χ4v) is 1.58. The lowest BCUT2D eigenvalue weighted by Gasteiger charge is -2.00. The predicted octanol–water partition coefficient (Wildman–Crippen LogP) is 1.86. The van der Waals surface area contributed by atoms with Crippen molar-refractivity contribution in [3.63, 3.8) is 0 Å². The lowest BCUT2D eigenvalue weighted by molar-refractivity contribution is 0.321. The first-order valence-corrected chi connectivity index (χ1v) is 4.49. The minimum Gasteiger partial charge on any atom is -0.411 e. The van der Waals surface area contributed by atoms with Crippen LogP contribution in [0.2, 0.25) is 0 Å². The van der Waals surface area contributed by atoms with Crippen molar-refractivity contribution >= 4 is 17.2 Å². The molecule has 1 aromatic heterocycles. The van der Waals surface area contributed by atoms with Gasteiger partial charge in [-0.05, 0) is 19.1 Å². The van der Waals surface area contributed by atoms with Crippen LogP contribution >= 0.6 is 0 Å². The van der Waals surface area contributed by atoms with E-state index in [0.717, 1.165) is 17.6 Å². The molecule has 0 aliphatic rings. The molecule has 0 saturated carbocycles. The molecule has 2 aromatic rings. The van der Waals surface area contributed by atoms with Crippen LogP contribution in [-0.2, 0) is 6.54 Å². The molecule has 0 saturated heterocycles. The quantitative estimate of drug-likeness (QED) is 0.445. The van der Waals surface area contributed by atoms with Gasteiger partial charge in [0.15, 0.2) is 5.82 Å². The first-order valence-electron chi connectivity index (χ1n) is 4.49. The summed E-state index contributed by atoms with van der Waals surface area (Å²) in [5.74, 6) is 0.677. The van der Waals surface area contributed by atoms with E-state index >= 15 is 0 Å². The highest BCUT2D eigenvalue weighted by Crippen LogP contribution is 2.14. The second kappa shape index (κ2) is 3.49. The lowest BCUT2D eigenvalue weighted by Crippen LogP contribution is -2.00. The zero-order chi connectivity index (χ0) is 9.97. The molecule has 0 radical (unpaired) electrons. The number of aryl methyl sites for hydroxylation is 1. The van der Waals surface area contributed by atoms with Gasteiger partial charge in [0, 0.05) is 6.54 Å². The smallest absolute Gasteiger partial charge is 0.155 e. The maximum Gasteiger partial charge on any atom is 0.155 e. The molecular weight excluding hydrogens is 178 g/mol. The SMILES string of the molecule is CCn1c(/C=N/O)nc2ccccc21. The Morgan fingerprint density at radius 1 is 1.50 bits per heavy atom. The Morgan fingerprint density at radius 3 is 3.00 bits per heavy atom. The number of aromatic nitrogens is 2. The molecule has 2 rings (SSSR count). The number of nitrogens with zero attached hydrogens (tertiary/aromatic N) is 3. The Labute approximate surface area is 81.5 Å². The summed E-state index contributed by atoms with van der Waals surface area (Å²) in [6.45, 7) is 2.84. The summed E-state index contributed by atoms with van der Waals surface area (Å²) in [5.41, 5.74) is 1.98. The summed E-state index contributed by atoms with van der Waals surface area (Å²) in [6, 6.07) is 7.85. The minimum absolute atomic E-state index is 0.677. The highest BCUT2D eigenvalue weighted by molar-refractivity contribution is 5.84. The van der Waals surface area contributed by atoms with Gasteiger partial charge in [0.25, 0.3) is 0 Å². The van der Waals surface area contributed by atoms with Crippen LogP contribution in [-0.4, -0.2) is 21.0 Å². The molecule has 0 bridgehead atoms. The van der Waals surface area contributed by atoms with Gasteiger partial charge in [0.1, 0.15) is 6.21 Å². The molecule has 72 valence electrons. The lowest BCUT2D eigenvalue weighted by atomic mass is 10.3. The molecule has 14 heavy (non-hydrogen) atoms. The molecule has 0 aliphatic carbocycles. The number of para-hydroxylation sites is 2. The van der Waals surface area contributed by atoms with Crippen LogP contribution in [0, 0.1) is 0 Å². The summed E-state index contributed by atoms with van der Waals surface area (Å²) in [6.07, 6.45) is 1.35. The van der Waals surface area contributed by atoms with E-state index in [1.807, 2.05) is 35.8 Å². The van der Waals surface area contributed by atoms with Crippen molar-refractivity contribution < 1.29 is 5.21 Å². The van der Waals surface area contributed by atoms with Crippen molar-refractivity contribution in [1.82, 2.24) is 9.55 Å². The molecular formula is C10H11N3O. The molecule has 0 atom stereocenters. The number of hydrogen-bond donors (Lipinski definition) is 1. The molecule has 0 spiro atoms. The standard InChI is InChI=1S/C10H11N3O/c1-2-13-9-6-4-3-5-8(9)12-10(13)7-11-14/h3-7,14H,2H2,1H3/b11-7+. The van der Waals surface area contributed by atoms with E-state index in [1.54, 1.807) is 0 Å². The average molecular weight is 189 g/mol. The molecule has 0 aliphatic heterocycles. The predicted molar refractivity (Wildman–Crippen MR) is 54.8 cm³/mol. The van der Waals surface area contributed by atoms with Crippen LogP contribution in [0.3, 0.4) is 0 Å². The van der Waals surface area contributed by atoms with Gasteiger partial charge in [-0.25, -0.2) is 4.98 Å². The third-order valence-electron chi connectivity index (χ3n) is 2.17. The largest absolute Gasteiger partial charge is 0.411 e. The number of oxime groups is 1. The monoisotopic (exact) mass is 189 g/mol. The van der Waals surface area contributed by atoms with Crippen LogP contribution < -0.4 is 0 Å². The summed E-state index contributed by atoms with van der Waals surface area (Å²) in [7, 11) is 0. The van der Waals surface area contributed by atoms with Crippen LogP contribution in [0.5, 0.6) is 0 Å². The van der Waals surface area contributed by atoms with Gasteiger partial charge in [0.05, 0.1) is 11.0 Å². The van der Waals surface area contributed by atoms with Gasteiger partial charge in [-0.15, -0.1) is 0 Å². The Morgan fingerprint density at radius 2 is 2.29 bits per heavy atom. The first-order chi connectivity index (χ1) is 6.86. The van der Waals surface area contributed by atoms with Crippen LogP contribution in [0.25, 0.3) is 11.0 Å². The Hall–Kier alpha value is -1.84. The van der Waals surface area contributed by atoms with Crippen LogP contribution in [0.4, 0.5) is 0 Å². The molecule has 1 N–H and O–H groups in total. The minimum atomic E-state index is 0.677. The first kappa shape index (κ1) is 8.74. The van der Waals surface area contributed by atoms with E-state index in [2.05, 4.69) is 10.1 Å². The van der Waals surface area contributed by atoms with Crippen molar-refractivity contribution in [2.24, 2.45) is 5.16 Å². The van der Waals surface area contributed by atoms with E-state index in [1.165, 1.54) is 6.21 Å². The van der Waals surface area contributed by atoms with E-state index < -0.39 is 0 Å². The van der Waals surface area contributed by atoms with Gasteiger partial charge in [-0.3, -0.25) is 0 Å². The van der Waals surface area contributed by atoms with Gasteiger partial charge < -0.3 is 9.77 Å². The second-order valence-corrected chi connectivity index (χ2v) is 2.95. The molecule has 1 heterocycles. The van der Waals surface area contributed by atoms with Crippen molar-refractivity contribution in [3.8, 4) is 0 Å². The molecule has 4 nitrogen and oxygen atoms in total. The summed E-state index contributed by atoms with van der Waals surface area (Å²) in [5, 5.41) is 11.5. The van der Waals surface area contributed by atoms with E-state index in [0.29, 0.717) is 5.82 Å². The Balaban J connectivity index is 2.72. The zero-order valence-electron chi connectivity index (χ0n) is 7.88. The van der Waals surface area contributed by atoms with Gasteiger partial charge in [0.2, 0.25) is 0 Å². The van der Waals surface area contributed by atoms with E-state index in [9.17, 15) is 0 Å². The molecule has 1 aromatic carbocycles. The van der Waals surface area contributed by atoms with Crippen molar-refractivity contribution in [1.29, 1.82) is 0 Å². The van der Waals surface area contributed by atoms with E-state index in [-0.39, 0.29) is 0 Å². The fraction of sp³-hybridized carbons (Fsp3) is 0.200. The van der Waals surface area contributed by atoms with Gasteiger partial charge in [-0.1, -0.05) is 17.3 Å². The summed E-state index contributed by atoms with van der Waals surface area (Å²) in [4.78, 5) is 4.33. The molecule has 4 heteroatoms. The third kappa shape index (κ3) is 1.25. The van der Waals surface area contributed by atoms with Crippen molar-refractivity contribution in [2.75, 3.05) is 0 Å². The normalized spacial score (nSPS) is 11.5. The fourth-order valence-electron chi connectivity index (χ4n) is 1.58. The third-order valence-corrected chi connectivity index (χ3v) is 2.17. The molecule has 0 unspecified atom stereocenters.